The molecule has 0 radical (unpaired) electrons. The van der Waals surface area contributed by atoms with Crippen LogP contribution in [0.25, 0.3) is 6.08 Å². The van der Waals surface area contributed by atoms with Crippen molar-refractivity contribution in [3.63, 3.8) is 0 Å². The number of rotatable bonds is 12. The lowest BCUT2D eigenvalue weighted by Gasteiger charge is -2.40. The highest BCUT2D eigenvalue weighted by molar-refractivity contribution is 5.95. The van der Waals surface area contributed by atoms with Crippen LogP contribution in [0.1, 0.15) is 15.9 Å². The van der Waals surface area contributed by atoms with Crippen LogP contribution in [0.4, 0.5) is 0 Å². The smallest absolute Gasteiger partial charge is 0.271 e. The van der Waals surface area contributed by atoms with Gasteiger partial charge in [0, 0.05) is 11.6 Å². The Morgan fingerprint density at radius 2 is 1.79 bits per heavy atom. The summed E-state index contributed by atoms with van der Waals surface area (Å²) >= 11 is 0. The van der Waals surface area contributed by atoms with E-state index in [1.54, 1.807) is 6.07 Å². The molecule has 16 heteroatoms. The Morgan fingerprint density at radius 1 is 1.08 bits per heavy atom. The molecule has 1 saturated heterocycles. The van der Waals surface area contributed by atoms with Crippen LogP contribution in [0.2, 0.25) is 0 Å². The van der Waals surface area contributed by atoms with Gasteiger partial charge in [0.25, 0.3) is 11.8 Å². The molecule has 11 N–H and O–H groups in total. The number of amides is 2. The number of benzene rings is 1. The third-order valence-electron chi connectivity index (χ3n) is 5.45. The van der Waals surface area contributed by atoms with Gasteiger partial charge in [-0.2, -0.15) is 5.10 Å². The van der Waals surface area contributed by atoms with E-state index < -0.39 is 80.1 Å². The molecule has 1 heterocycles. The van der Waals surface area contributed by atoms with Crippen molar-refractivity contribution in [3.8, 4) is 0 Å². The summed E-state index contributed by atoms with van der Waals surface area (Å²) in [4.78, 5) is 23.3. The van der Waals surface area contributed by atoms with E-state index in [0.29, 0.717) is 11.8 Å². The van der Waals surface area contributed by atoms with Crippen molar-refractivity contribution in [1.29, 1.82) is 0 Å². The minimum atomic E-state index is -2.00. The number of hydrazone groups is 1. The zero-order valence-corrected chi connectivity index (χ0v) is 19.8. The predicted molar refractivity (Wildman–Crippen MR) is 125 cm³/mol. The highest BCUT2D eigenvalue weighted by Crippen LogP contribution is 2.22. The van der Waals surface area contributed by atoms with Gasteiger partial charge in [-0.15, -0.1) is 0 Å². The molecule has 0 aromatic heterocycles. The summed E-state index contributed by atoms with van der Waals surface area (Å²) < 4.78 is 10.2. The van der Waals surface area contributed by atoms with E-state index in [0.717, 1.165) is 6.08 Å². The topological polar surface area (TPSA) is 271 Å². The summed E-state index contributed by atoms with van der Waals surface area (Å²) in [5.41, 5.74) is 4.06. The van der Waals surface area contributed by atoms with Gasteiger partial charge in [0.2, 0.25) is 0 Å². The number of aliphatic hydroxyl groups is 8. The summed E-state index contributed by atoms with van der Waals surface area (Å²) in [7, 11) is 0. The summed E-state index contributed by atoms with van der Waals surface area (Å²) in [6.45, 7) is -1.46. The molecule has 2 amide bonds. The molecule has 2 rings (SSSR count). The van der Waals surface area contributed by atoms with E-state index in [-0.39, 0.29) is 5.56 Å². The van der Waals surface area contributed by atoms with E-state index in [2.05, 4.69) is 10.5 Å². The maximum atomic E-state index is 12.2. The Labute approximate surface area is 215 Å². The van der Waals surface area contributed by atoms with Crippen molar-refractivity contribution in [2.45, 2.75) is 55.1 Å². The number of hydrogen-bond acceptors (Lipinski definition) is 14. The van der Waals surface area contributed by atoms with Crippen LogP contribution < -0.4 is 10.9 Å². The molecule has 1 aromatic rings. The third-order valence-corrected chi connectivity index (χ3v) is 5.45. The second-order valence-corrected chi connectivity index (χ2v) is 8.22. The molecule has 0 unspecified atom stereocenters. The van der Waals surface area contributed by atoms with Crippen molar-refractivity contribution >= 4 is 24.1 Å². The molecule has 212 valence electrons. The van der Waals surface area contributed by atoms with E-state index in [1.165, 1.54) is 29.8 Å². The lowest BCUT2D eigenvalue weighted by atomic mass is 9.99. The van der Waals surface area contributed by atoms with Crippen molar-refractivity contribution in [3.05, 3.63) is 41.5 Å². The third kappa shape index (κ3) is 8.58. The van der Waals surface area contributed by atoms with Gasteiger partial charge in [-0.1, -0.05) is 12.1 Å². The Hall–Kier alpha value is -2.87. The van der Waals surface area contributed by atoms with Crippen LogP contribution in [-0.2, 0) is 14.3 Å². The highest BCUT2D eigenvalue weighted by atomic mass is 16.7. The monoisotopic (exact) mass is 545 g/mol. The average molecular weight is 545 g/mol. The molecule has 1 aromatic carbocycles. The quantitative estimate of drug-likeness (QED) is 0.0510. The van der Waals surface area contributed by atoms with Crippen molar-refractivity contribution in [2.75, 3.05) is 13.2 Å². The Balaban J connectivity index is 1.87. The van der Waals surface area contributed by atoms with Crippen LogP contribution in [0.15, 0.2) is 35.4 Å². The van der Waals surface area contributed by atoms with E-state index in [1.807, 2.05) is 0 Å². The lowest BCUT2D eigenvalue weighted by molar-refractivity contribution is -0.306. The van der Waals surface area contributed by atoms with Crippen LogP contribution in [0.3, 0.4) is 0 Å². The number of carbonyl (C=O) groups is 2. The fourth-order valence-corrected chi connectivity index (χ4v) is 3.24. The molecule has 16 nitrogen and oxygen atoms in total. The maximum absolute atomic E-state index is 12.2. The van der Waals surface area contributed by atoms with Crippen LogP contribution in [0.5, 0.6) is 0 Å². The SMILES string of the molecule is O=C(/C=C/c1cccc(C(=O)N/N=C/[C@H](O)[C@@H](O)[C@H](O)[C@H](O)CO[C@H]2O[C@H](CO)[C@H](O)[C@H](O)[C@H]2O)c1)NO. The number of ether oxygens (including phenoxy) is 2. The second-order valence-electron chi connectivity index (χ2n) is 8.22. The maximum Gasteiger partial charge on any atom is 0.271 e. The van der Waals surface area contributed by atoms with Gasteiger partial charge < -0.3 is 50.3 Å². The Kier molecular flexibility index (Phi) is 12.3. The molecular formula is C22H31N3O13. The van der Waals surface area contributed by atoms with Crippen LogP contribution in [-0.4, -0.2) is 132 Å². The highest BCUT2D eigenvalue weighted by Gasteiger charge is 2.44. The molecule has 0 aliphatic carbocycles. The first-order valence-electron chi connectivity index (χ1n) is 11.2. The van der Waals surface area contributed by atoms with Crippen molar-refractivity contribution in [2.24, 2.45) is 5.10 Å². The van der Waals surface area contributed by atoms with Crippen LogP contribution >= 0.6 is 0 Å². The standard InChI is InChI=1S/C22H31N3O13/c26-8-14-18(32)19(33)20(34)22(38-14)37-9-13(28)17(31)16(30)12(27)7-23-24-21(35)11-3-1-2-10(6-11)4-5-15(29)25-36/h1-7,12-14,16-20,22,26-28,30-34,36H,8-9H2,(H,24,35)(H,25,29)/b5-4+,23-7+/t12-,13+,14+,16+,17+,18-,19-,20+,22-/m0/s1. The number of aliphatic hydroxyl groups excluding tert-OH is 8. The number of hydrogen-bond donors (Lipinski definition) is 11. The lowest BCUT2D eigenvalue weighted by Crippen LogP contribution is -2.59. The van der Waals surface area contributed by atoms with Gasteiger partial charge in [0.05, 0.1) is 19.4 Å². The number of hydroxylamine groups is 1. The summed E-state index contributed by atoms with van der Waals surface area (Å²) in [6.07, 6.45) is -12.6. The van der Waals surface area contributed by atoms with E-state index >= 15 is 0 Å². The van der Waals surface area contributed by atoms with E-state index in [9.17, 15) is 45.3 Å². The first kappa shape index (κ1) is 31.3. The van der Waals surface area contributed by atoms with Crippen molar-refractivity contribution in [1.82, 2.24) is 10.9 Å². The average Bonchev–Trinajstić information content (AvgIpc) is 2.93. The Morgan fingerprint density at radius 3 is 2.45 bits per heavy atom. The first-order chi connectivity index (χ1) is 18.0. The molecule has 1 aliphatic heterocycles. The van der Waals surface area contributed by atoms with Gasteiger partial charge in [-0.3, -0.25) is 14.8 Å². The molecule has 1 aliphatic rings. The molecule has 0 saturated carbocycles. The minimum Gasteiger partial charge on any atom is -0.394 e. The molecule has 38 heavy (non-hydrogen) atoms. The zero-order valence-electron chi connectivity index (χ0n) is 19.8. The summed E-state index contributed by atoms with van der Waals surface area (Å²) in [5.74, 6) is -1.50. The molecular weight excluding hydrogens is 514 g/mol. The van der Waals surface area contributed by atoms with Gasteiger partial charge in [0.15, 0.2) is 6.29 Å². The number of nitrogens with zero attached hydrogens (tertiary/aromatic N) is 1. The van der Waals surface area contributed by atoms with Crippen LogP contribution in [0, 0.1) is 0 Å². The largest absolute Gasteiger partial charge is 0.394 e. The molecule has 9 atom stereocenters. The fraction of sp³-hybridized carbons (Fsp3) is 0.500. The number of nitrogens with one attached hydrogen (secondary N) is 2. The van der Waals surface area contributed by atoms with Gasteiger partial charge in [-0.05, 0) is 23.8 Å². The summed E-state index contributed by atoms with van der Waals surface area (Å²) in [6, 6.07) is 5.91. The molecule has 0 spiro atoms. The summed E-state index contributed by atoms with van der Waals surface area (Å²) in [5, 5.41) is 90.8. The van der Waals surface area contributed by atoms with Gasteiger partial charge in [0.1, 0.15) is 48.8 Å². The van der Waals surface area contributed by atoms with E-state index in [4.69, 9.17) is 19.8 Å². The fourth-order valence-electron chi connectivity index (χ4n) is 3.24. The second kappa shape index (κ2) is 14.9. The normalized spacial score (nSPS) is 27.1. The predicted octanol–water partition coefficient (Wildman–Crippen LogP) is -4.82. The first-order valence-corrected chi connectivity index (χ1v) is 11.2. The zero-order chi connectivity index (χ0) is 28.4. The minimum absolute atomic E-state index is 0.115. The number of carbonyl (C=O) groups excluding carboxylic acids is 2. The van der Waals surface area contributed by atoms with Gasteiger partial charge in [-0.25, -0.2) is 10.9 Å². The van der Waals surface area contributed by atoms with Gasteiger partial charge >= 0.3 is 0 Å². The molecule has 0 bridgehead atoms. The van der Waals surface area contributed by atoms with Crippen molar-refractivity contribution < 1.29 is 65.1 Å². The Bertz CT molecular complexity index is 976. The molecule has 1 fully saturated rings.